The third kappa shape index (κ3) is 3.14. The SMILES string of the molecule is CSc1ccc(Oc2cc(Cl)ncc2C)cc1. The molecule has 1 heterocycles. The van der Waals surface area contributed by atoms with Crippen LogP contribution in [0.25, 0.3) is 0 Å². The van der Waals surface area contributed by atoms with E-state index in [0.717, 1.165) is 17.1 Å². The lowest BCUT2D eigenvalue weighted by molar-refractivity contribution is 0.477. The number of hydrogen-bond acceptors (Lipinski definition) is 3. The molecule has 0 aliphatic carbocycles. The van der Waals surface area contributed by atoms with Crippen molar-refractivity contribution in [3.8, 4) is 11.5 Å². The summed E-state index contributed by atoms with van der Waals surface area (Å²) >= 11 is 7.54. The number of thioether (sulfide) groups is 1. The van der Waals surface area contributed by atoms with Gasteiger partial charge in [0.1, 0.15) is 16.7 Å². The Hall–Kier alpha value is -1.19. The highest BCUT2D eigenvalue weighted by molar-refractivity contribution is 7.98. The van der Waals surface area contributed by atoms with Gasteiger partial charge in [0.2, 0.25) is 0 Å². The van der Waals surface area contributed by atoms with Crippen LogP contribution in [0.15, 0.2) is 41.4 Å². The van der Waals surface area contributed by atoms with Gasteiger partial charge in [-0.3, -0.25) is 0 Å². The van der Waals surface area contributed by atoms with Crippen molar-refractivity contribution < 1.29 is 4.74 Å². The van der Waals surface area contributed by atoms with E-state index < -0.39 is 0 Å². The number of halogens is 1. The molecule has 0 saturated carbocycles. The van der Waals surface area contributed by atoms with Gasteiger partial charge in [-0.15, -0.1) is 11.8 Å². The van der Waals surface area contributed by atoms with Crippen molar-refractivity contribution in [2.45, 2.75) is 11.8 Å². The van der Waals surface area contributed by atoms with Gasteiger partial charge >= 0.3 is 0 Å². The normalized spacial score (nSPS) is 10.3. The lowest BCUT2D eigenvalue weighted by Gasteiger charge is -2.08. The van der Waals surface area contributed by atoms with Crippen LogP contribution >= 0.6 is 23.4 Å². The smallest absolute Gasteiger partial charge is 0.134 e. The fraction of sp³-hybridized carbons (Fsp3) is 0.154. The van der Waals surface area contributed by atoms with Crippen LogP contribution < -0.4 is 4.74 Å². The van der Waals surface area contributed by atoms with E-state index in [1.807, 2.05) is 37.4 Å². The highest BCUT2D eigenvalue weighted by Gasteiger charge is 2.03. The largest absolute Gasteiger partial charge is 0.457 e. The molecule has 4 heteroatoms. The lowest BCUT2D eigenvalue weighted by Crippen LogP contribution is -1.89. The van der Waals surface area contributed by atoms with Gasteiger partial charge in [0.25, 0.3) is 0 Å². The van der Waals surface area contributed by atoms with Gasteiger partial charge < -0.3 is 4.74 Å². The Morgan fingerprint density at radius 3 is 2.59 bits per heavy atom. The van der Waals surface area contributed by atoms with Crippen molar-refractivity contribution in [1.29, 1.82) is 0 Å². The first-order chi connectivity index (χ1) is 8.19. The maximum atomic E-state index is 5.84. The number of pyridine rings is 1. The number of ether oxygens (including phenoxy) is 1. The van der Waals surface area contributed by atoms with E-state index in [1.54, 1.807) is 24.0 Å². The first-order valence-electron chi connectivity index (χ1n) is 5.13. The topological polar surface area (TPSA) is 22.1 Å². The minimum atomic E-state index is 0.436. The molecule has 0 aliphatic rings. The monoisotopic (exact) mass is 265 g/mol. The molecule has 0 aliphatic heterocycles. The van der Waals surface area contributed by atoms with Crippen molar-refractivity contribution >= 4 is 23.4 Å². The van der Waals surface area contributed by atoms with E-state index in [0.29, 0.717) is 5.15 Å². The lowest BCUT2D eigenvalue weighted by atomic mass is 10.3. The van der Waals surface area contributed by atoms with Gasteiger partial charge in [-0.1, -0.05) is 11.6 Å². The predicted octanol–water partition coefficient (Wildman–Crippen LogP) is 4.56. The molecule has 2 aromatic rings. The molecule has 0 N–H and O–H groups in total. The van der Waals surface area contributed by atoms with Crippen molar-refractivity contribution in [3.05, 3.63) is 47.2 Å². The van der Waals surface area contributed by atoms with Gasteiger partial charge in [0, 0.05) is 22.7 Å². The zero-order chi connectivity index (χ0) is 12.3. The molecule has 0 amide bonds. The van der Waals surface area contributed by atoms with Gasteiger partial charge in [0.15, 0.2) is 0 Å². The van der Waals surface area contributed by atoms with E-state index >= 15 is 0 Å². The Morgan fingerprint density at radius 1 is 1.24 bits per heavy atom. The van der Waals surface area contributed by atoms with Crippen molar-refractivity contribution in [3.63, 3.8) is 0 Å². The molecular formula is C13H12ClNOS. The maximum absolute atomic E-state index is 5.84. The zero-order valence-electron chi connectivity index (χ0n) is 9.61. The van der Waals surface area contributed by atoms with Crippen LogP contribution in [0.2, 0.25) is 5.15 Å². The summed E-state index contributed by atoms with van der Waals surface area (Å²) in [5, 5.41) is 0.436. The van der Waals surface area contributed by atoms with E-state index in [2.05, 4.69) is 4.98 Å². The summed E-state index contributed by atoms with van der Waals surface area (Å²) in [4.78, 5) is 5.20. The Kier molecular flexibility index (Phi) is 3.92. The number of aryl methyl sites for hydroxylation is 1. The number of rotatable bonds is 3. The number of benzene rings is 1. The third-order valence-corrected chi connectivity index (χ3v) is 3.26. The number of hydrogen-bond donors (Lipinski definition) is 0. The second-order valence-corrected chi connectivity index (χ2v) is 4.82. The summed E-state index contributed by atoms with van der Waals surface area (Å²) in [5.74, 6) is 1.54. The van der Waals surface area contributed by atoms with Gasteiger partial charge in [0.05, 0.1) is 0 Å². The first kappa shape index (κ1) is 12.3. The van der Waals surface area contributed by atoms with Crippen molar-refractivity contribution in [1.82, 2.24) is 4.98 Å². The second kappa shape index (κ2) is 5.43. The Morgan fingerprint density at radius 2 is 1.94 bits per heavy atom. The average Bonchev–Trinajstić information content (AvgIpc) is 2.35. The summed E-state index contributed by atoms with van der Waals surface area (Å²) < 4.78 is 5.76. The second-order valence-electron chi connectivity index (χ2n) is 3.55. The minimum absolute atomic E-state index is 0.436. The molecule has 0 radical (unpaired) electrons. The Balaban J connectivity index is 2.22. The van der Waals surface area contributed by atoms with Gasteiger partial charge in [-0.25, -0.2) is 4.98 Å². The van der Waals surface area contributed by atoms with Crippen molar-refractivity contribution in [2.75, 3.05) is 6.26 Å². The quantitative estimate of drug-likeness (QED) is 0.600. The maximum Gasteiger partial charge on any atom is 0.134 e. The molecule has 0 fully saturated rings. The molecule has 1 aromatic carbocycles. The average molecular weight is 266 g/mol. The molecule has 0 unspecified atom stereocenters. The van der Waals surface area contributed by atoms with Crippen LogP contribution in [0.5, 0.6) is 11.5 Å². The van der Waals surface area contributed by atoms with E-state index in [1.165, 1.54) is 4.90 Å². The fourth-order valence-corrected chi connectivity index (χ4v) is 1.92. The van der Waals surface area contributed by atoms with E-state index in [9.17, 15) is 0 Å². The predicted molar refractivity (Wildman–Crippen MR) is 72.3 cm³/mol. The Labute approximate surface area is 110 Å². The van der Waals surface area contributed by atoms with E-state index in [-0.39, 0.29) is 0 Å². The van der Waals surface area contributed by atoms with Gasteiger partial charge in [-0.05, 0) is 37.4 Å². The number of nitrogens with zero attached hydrogens (tertiary/aromatic N) is 1. The molecule has 0 bridgehead atoms. The Bertz CT molecular complexity index is 513. The minimum Gasteiger partial charge on any atom is -0.457 e. The van der Waals surface area contributed by atoms with Crippen molar-refractivity contribution in [2.24, 2.45) is 0 Å². The molecule has 2 nitrogen and oxygen atoms in total. The third-order valence-electron chi connectivity index (χ3n) is 2.31. The summed E-state index contributed by atoms with van der Waals surface area (Å²) in [7, 11) is 0. The number of aromatic nitrogens is 1. The summed E-state index contributed by atoms with van der Waals surface area (Å²) in [6.07, 6.45) is 3.75. The highest BCUT2D eigenvalue weighted by Crippen LogP contribution is 2.27. The van der Waals surface area contributed by atoms with Crippen LogP contribution in [0, 0.1) is 6.92 Å². The summed E-state index contributed by atoms with van der Waals surface area (Å²) in [5.41, 5.74) is 0.961. The van der Waals surface area contributed by atoms with Crippen LogP contribution in [-0.4, -0.2) is 11.2 Å². The van der Waals surface area contributed by atoms with E-state index in [4.69, 9.17) is 16.3 Å². The molecule has 2 rings (SSSR count). The molecule has 0 atom stereocenters. The summed E-state index contributed by atoms with van der Waals surface area (Å²) in [6.45, 7) is 1.94. The van der Waals surface area contributed by atoms with Gasteiger partial charge in [-0.2, -0.15) is 0 Å². The fourth-order valence-electron chi connectivity index (χ4n) is 1.36. The first-order valence-corrected chi connectivity index (χ1v) is 6.73. The molecule has 0 spiro atoms. The zero-order valence-corrected chi connectivity index (χ0v) is 11.2. The standard InChI is InChI=1S/C13H12ClNOS/c1-9-8-15-13(14)7-12(9)16-10-3-5-11(17-2)6-4-10/h3-8H,1-2H3. The molecule has 17 heavy (non-hydrogen) atoms. The van der Waals surface area contributed by atoms with Crippen LogP contribution in [0.3, 0.4) is 0 Å². The van der Waals surface area contributed by atoms with Crippen LogP contribution in [-0.2, 0) is 0 Å². The van der Waals surface area contributed by atoms with Crippen LogP contribution in [0.4, 0.5) is 0 Å². The molecular weight excluding hydrogens is 254 g/mol. The molecule has 0 saturated heterocycles. The molecule has 1 aromatic heterocycles. The highest BCUT2D eigenvalue weighted by atomic mass is 35.5. The molecule has 88 valence electrons. The van der Waals surface area contributed by atoms with Crippen LogP contribution in [0.1, 0.15) is 5.56 Å². The summed E-state index contributed by atoms with van der Waals surface area (Å²) in [6, 6.07) is 9.66.